The Hall–Kier alpha value is -0.980. The van der Waals surface area contributed by atoms with Crippen LogP contribution in [0.1, 0.15) is 23.2 Å². The number of pyridine rings is 1. The van der Waals surface area contributed by atoms with Crippen molar-refractivity contribution in [2.24, 2.45) is 5.84 Å². The third-order valence-corrected chi connectivity index (χ3v) is 4.11. The van der Waals surface area contributed by atoms with Crippen LogP contribution in [-0.2, 0) is 0 Å². The van der Waals surface area contributed by atoms with Crippen LogP contribution in [0, 0.1) is 0 Å². The van der Waals surface area contributed by atoms with Crippen molar-refractivity contribution in [3.8, 4) is 0 Å². The topological polar surface area (TPSA) is 80.0 Å². The van der Waals surface area contributed by atoms with Crippen LogP contribution >= 0.6 is 23.4 Å². The smallest absolute Gasteiger partial charge is 0.251 e. The molecule has 2 rings (SSSR count). The van der Waals surface area contributed by atoms with Gasteiger partial charge in [-0.25, -0.2) is 10.8 Å². The molecule has 1 amide bonds. The number of rotatable bonds is 3. The number of nitrogens with zero attached hydrogens (tertiary/aromatic N) is 1. The Morgan fingerprint density at radius 2 is 2.39 bits per heavy atom. The number of aromatic nitrogens is 1. The molecule has 0 aliphatic carbocycles. The third-order valence-electron chi connectivity index (χ3n) is 2.70. The number of nitrogen functional groups attached to an aromatic ring is 1. The van der Waals surface area contributed by atoms with Crippen molar-refractivity contribution in [1.82, 2.24) is 10.3 Å². The van der Waals surface area contributed by atoms with Gasteiger partial charge in [0.2, 0.25) is 0 Å². The highest BCUT2D eigenvalue weighted by molar-refractivity contribution is 7.99. The normalized spacial score (nSPS) is 19.3. The first kappa shape index (κ1) is 13.5. The number of carbonyl (C=O) groups is 1. The maximum atomic E-state index is 12.1. The first-order valence-electron chi connectivity index (χ1n) is 5.72. The van der Waals surface area contributed by atoms with Gasteiger partial charge in [0.15, 0.2) is 0 Å². The molecule has 2 heterocycles. The van der Waals surface area contributed by atoms with E-state index in [9.17, 15) is 4.79 Å². The fourth-order valence-corrected chi connectivity index (χ4v) is 3.11. The molecule has 1 fully saturated rings. The van der Waals surface area contributed by atoms with Gasteiger partial charge in [0.25, 0.3) is 5.91 Å². The molecule has 1 atom stereocenters. The van der Waals surface area contributed by atoms with Crippen LogP contribution in [0.3, 0.4) is 0 Å². The van der Waals surface area contributed by atoms with E-state index in [4.69, 9.17) is 17.4 Å². The van der Waals surface area contributed by atoms with Crippen molar-refractivity contribution >= 4 is 35.1 Å². The second-order valence-corrected chi connectivity index (χ2v) is 5.63. The highest BCUT2D eigenvalue weighted by Crippen LogP contribution is 2.18. The van der Waals surface area contributed by atoms with Crippen LogP contribution in [0.2, 0.25) is 5.15 Å². The average molecular weight is 287 g/mol. The monoisotopic (exact) mass is 286 g/mol. The minimum Gasteiger partial charge on any atom is -0.348 e. The summed E-state index contributed by atoms with van der Waals surface area (Å²) in [5.74, 6) is 7.65. The molecule has 1 saturated heterocycles. The summed E-state index contributed by atoms with van der Waals surface area (Å²) in [6.45, 7) is 0. The third kappa shape index (κ3) is 3.51. The van der Waals surface area contributed by atoms with Gasteiger partial charge in [-0.3, -0.25) is 4.79 Å². The number of hydrogen-bond acceptors (Lipinski definition) is 5. The van der Waals surface area contributed by atoms with Crippen molar-refractivity contribution < 1.29 is 4.79 Å². The molecule has 18 heavy (non-hydrogen) atoms. The minimum absolute atomic E-state index is 0.136. The summed E-state index contributed by atoms with van der Waals surface area (Å²) in [5.41, 5.74) is 2.86. The molecule has 0 saturated carbocycles. The number of nitrogens with two attached hydrogens (primary N) is 1. The SMILES string of the molecule is NNc1cc(C(=O)NC2CCCSC2)cc(Cl)n1. The Balaban J connectivity index is 2.05. The van der Waals surface area contributed by atoms with Crippen molar-refractivity contribution in [3.05, 3.63) is 22.8 Å². The molecule has 0 aromatic carbocycles. The molecule has 1 aromatic heterocycles. The first-order valence-corrected chi connectivity index (χ1v) is 7.25. The predicted molar refractivity (Wildman–Crippen MR) is 74.9 cm³/mol. The minimum atomic E-state index is -0.136. The average Bonchev–Trinajstić information content (AvgIpc) is 2.39. The molecule has 1 unspecified atom stereocenters. The maximum Gasteiger partial charge on any atom is 0.251 e. The number of hydrogen-bond donors (Lipinski definition) is 3. The molecule has 7 heteroatoms. The lowest BCUT2D eigenvalue weighted by Gasteiger charge is -2.22. The fourth-order valence-electron chi connectivity index (χ4n) is 1.83. The number of thioether (sulfide) groups is 1. The van der Waals surface area contributed by atoms with E-state index >= 15 is 0 Å². The Morgan fingerprint density at radius 1 is 1.56 bits per heavy atom. The van der Waals surface area contributed by atoms with Gasteiger partial charge in [0, 0.05) is 17.4 Å². The van der Waals surface area contributed by atoms with E-state index < -0.39 is 0 Å². The molecule has 0 radical (unpaired) electrons. The van der Waals surface area contributed by atoms with E-state index in [0.29, 0.717) is 11.4 Å². The molecule has 98 valence electrons. The van der Waals surface area contributed by atoms with Crippen LogP contribution in [0.25, 0.3) is 0 Å². The van der Waals surface area contributed by atoms with E-state index in [1.54, 1.807) is 6.07 Å². The van der Waals surface area contributed by atoms with Gasteiger partial charge in [-0.15, -0.1) is 0 Å². The fraction of sp³-hybridized carbons (Fsp3) is 0.455. The number of halogens is 1. The maximum absolute atomic E-state index is 12.1. The summed E-state index contributed by atoms with van der Waals surface area (Å²) in [4.78, 5) is 16.0. The zero-order valence-electron chi connectivity index (χ0n) is 9.78. The van der Waals surface area contributed by atoms with E-state index in [-0.39, 0.29) is 17.1 Å². The standard InChI is InChI=1S/C11H15ClN4OS/c12-9-4-7(5-10(15-9)16-13)11(17)14-8-2-1-3-18-6-8/h4-5,8H,1-3,6,13H2,(H,14,17)(H,15,16). The molecule has 1 aromatic rings. The first-order chi connectivity index (χ1) is 8.69. The van der Waals surface area contributed by atoms with Gasteiger partial charge in [-0.05, 0) is 30.7 Å². The summed E-state index contributed by atoms with van der Waals surface area (Å²) < 4.78 is 0. The van der Waals surface area contributed by atoms with Crippen LogP contribution in [-0.4, -0.2) is 28.4 Å². The number of amides is 1. The summed E-state index contributed by atoms with van der Waals surface area (Å²) in [7, 11) is 0. The Labute approximate surface area is 115 Å². The van der Waals surface area contributed by atoms with Gasteiger partial charge in [0.1, 0.15) is 11.0 Å². The molecule has 4 N–H and O–H groups in total. The van der Waals surface area contributed by atoms with Crippen molar-refractivity contribution in [1.29, 1.82) is 0 Å². The summed E-state index contributed by atoms with van der Waals surface area (Å²) in [5, 5.41) is 3.24. The van der Waals surface area contributed by atoms with Crippen molar-refractivity contribution in [2.75, 3.05) is 16.9 Å². The quantitative estimate of drug-likeness (QED) is 0.447. The molecule has 5 nitrogen and oxygen atoms in total. The van der Waals surface area contributed by atoms with Crippen LogP contribution < -0.4 is 16.6 Å². The lowest BCUT2D eigenvalue weighted by Crippen LogP contribution is -2.38. The van der Waals surface area contributed by atoms with Crippen molar-refractivity contribution in [3.63, 3.8) is 0 Å². The molecule has 0 bridgehead atoms. The number of anilines is 1. The lowest BCUT2D eigenvalue weighted by atomic mass is 10.1. The Kier molecular flexibility index (Phi) is 4.68. The largest absolute Gasteiger partial charge is 0.348 e. The van der Waals surface area contributed by atoms with E-state index in [2.05, 4.69) is 15.7 Å². The lowest BCUT2D eigenvalue weighted by molar-refractivity contribution is 0.0938. The zero-order valence-corrected chi connectivity index (χ0v) is 11.4. The second kappa shape index (κ2) is 6.26. The molecular weight excluding hydrogens is 272 g/mol. The van der Waals surface area contributed by atoms with Gasteiger partial charge >= 0.3 is 0 Å². The van der Waals surface area contributed by atoms with Crippen LogP contribution in [0.15, 0.2) is 12.1 Å². The number of carbonyl (C=O) groups excluding carboxylic acids is 1. The number of hydrazine groups is 1. The van der Waals surface area contributed by atoms with Gasteiger partial charge < -0.3 is 10.7 Å². The summed E-state index contributed by atoms with van der Waals surface area (Å²) >= 11 is 7.69. The second-order valence-electron chi connectivity index (χ2n) is 4.10. The summed E-state index contributed by atoms with van der Waals surface area (Å²) in [6.07, 6.45) is 2.17. The van der Waals surface area contributed by atoms with E-state index in [0.717, 1.165) is 18.6 Å². The Morgan fingerprint density at radius 3 is 3.06 bits per heavy atom. The zero-order chi connectivity index (χ0) is 13.0. The van der Waals surface area contributed by atoms with Crippen molar-refractivity contribution in [2.45, 2.75) is 18.9 Å². The van der Waals surface area contributed by atoms with E-state index in [1.807, 2.05) is 11.8 Å². The van der Waals surface area contributed by atoms with Gasteiger partial charge in [0.05, 0.1) is 0 Å². The van der Waals surface area contributed by atoms with Gasteiger partial charge in [-0.1, -0.05) is 11.6 Å². The van der Waals surface area contributed by atoms with Crippen LogP contribution in [0.4, 0.5) is 5.82 Å². The molecular formula is C11H15ClN4OS. The van der Waals surface area contributed by atoms with Crippen LogP contribution in [0.5, 0.6) is 0 Å². The Bertz CT molecular complexity index is 437. The highest BCUT2D eigenvalue weighted by Gasteiger charge is 2.17. The molecule has 1 aliphatic rings. The molecule has 1 aliphatic heterocycles. The van der Waals surface area contributed by atoms with E-state index in [1.165, 1.54) is 11.8 Å². The highest BCUT2D eigenvalue weighted by atomic mass is 35.5. The number of nitrogens with one attached hydrogen (secondary N) is 2. The molecule has 0 spiro atoms. The predicted octanol–water partition coefficient (Wildman–Crippen LogP) is 1.65. The summed E-state index contributed by atoms with van der Waals surface area (Å²) in [6, 6.07) is 3.35. The van der Waals surface area contributed by atoms with Gasteiger partial charge in [-0.2, -0.15) is 11.8 Å².